The van der Waals surface area contributed by atoms with Gasteiger partial charge in [-0.3, -0.25) is 4.72 Å². The maximum atomic E-state index is 12.5. The van der Waals surface area contributed by atoms with Crippen LogP contribution >= 0.6 is 31.9 Å². The fourth-order valence-corrected chi connectivity index (χ4v) is 5.24. The van der Waals surface area contributed by atoms with Crippen LogP contribution in [-0.4, -0.2) is 37.0 Å². The number of nitrogens with zero attached hydrogens (tertiary/aromatic N) is 1. The van der Waals surface area contributed by atoms with Crippen molar-refractivity contribution in [2.45, 2.75) is 25.3 Å². The molecule has 1 unspecified atom stereocenters. The average molecular weight is 428 g/mol. The number of hydrogen-bond donors (Lipinski definition) is 2. The van der Waals surface area contributed by atoms with Crippen molar-refractivity contribution < 1.29 is 13.5 Å². The monoisotopic (exact) mass is 426 g/mol. The molecule has 0 aromatic heterocycles. The molecule has 2 N–H and O–H groups in total. The van der Waals surface area contributed by atoms with E-state index in [1.54, 1.807) is 12.1 Å². The number of piperidine rings is 1. The van der Waals surface area contributed by atoms with E-state index in [0.29, 0.717) is 27.6 Å². The minimum Gasteiger partial charge on any atom is -0.395 e. The van der Waals surface area contributed by atoms with E-state index in [9.17, 15) is 13.5 Å². The van der Waals surface area contributed by atoms with Gasteiger partial charge in [-0.05, 0) is 56.8 Å². The van der Waals surface area contributed by atoms with Gasteiger partial charge in [0.1, 0.15) is 0 Å². The Morgan fingerprint density at radius 3 is 2.55 bits per heavy atom. The van der Waals surface area contributed by atoms with E-state index >= 15 is 0 Å². The van der Waals surface area contributed by atoms with Crippen LogP contribution in [0.25, 0.3) is 0 Å². The zero-order chi connectivity index (χ0) is 14.8. The van der Waals surface area contributed by atoms with Gasteiger partial charge in [-0.15, -0.1) is 0 Å². The van der Waals surface area contributed by atoms with E-state index < -0.39 is 10.2 Å². The second-order valence-electron chi connectivity index (χ2n) is 4.65. The molecule has 1 atom stereocenters. The quantitative estimate of drug-likeness (QED) is 0.775. The second kappa shape index (κ2) is 6.74. The summed E-state index contributed by atoms with van der Waals surface area (Å²) < 4.78 is 30.2. The third kappa shape index (κ3) is 3.54. The number of anilines is 1. The SMILES string of the molecule is O=S(=O)(Nc1c(Br)cccc1Br)N1CCCCC1CO. The van der Waals surface area contributed by atoms with Crippen LogP contribution < -0.4 is 4.72 Å². The number of nitrogens with one attached hydrogen (secondary N) is 1. The van der Waals surface area contributed by atoms with Gasteiger partial charge >= 0.3 is 10.2 Å². The molecule has 0 amide bonds. The zero-order valence-corrected chi connectivity index (χ0v) is 14.7. The summed E-state index contributed by atoms with van der Waals surface area (Å²) in [4.78, 5) is 0. The van der Waals surface area contributed by atoms with Gasteiger partial charge in [-0.1, -0.05) is 12.5 Å². The zero-order valence-electron chi connectivity index (χ0n) is 10.7. The number of para-hydroxylation sites is 1. The molecule has 8 heteroatoms. The van der Waals surface area contributed by atoms with Crippen LogP contribution in [0.3, 0.4) is 0 Å². The van der Waals surface area contributed by atoms with Gasteiger partial charge in [0.25, 0.3) is 0 Å². The largest absolute Gasteiger partial charge is 0.395 e. The first-order valence-corrected chi connectivity index (χ1v) is 9.33. The van der Waals surface area contributed by atoms with E-state index in [4.69, 9.17) is 0 Å². The average Bonchev–Trinajstić information content (AvgIpc) is 2.43. The highest BCUT2D eigenvalue weighted by atomic mass is 79.9. The predicted molar refractivity (Wildman–Crippen MR) is 85.8 cm³/mol. The summed E-state index contributed by atoms with van der Waals surface area (Å²) in [5.41, 5.74) is 0.467. The van der Waals surface area contributed by atoms with E-state index in [-0.39, 0.29) is 12.6 Å². The van der Waals surface area contributed by atoms with Gasteiger partial charge in [0.15, 0.2) is 0 Å². The lowest BCUT2D eigenvalue weighted by atomic mass is 10.1. The number of aliphatic hydroxyl groups excluding tert-OH is 1. The highest BCUT2D eigenvalue weighted by molar-refractivity contribution is 9.11. The normalized spacial score (nSPS) is 20.9. The molecular formula is C12H16Br2N2O3S. The summed E-state index contributed by atoms with van der Waals surface area (Å²) >= 11 is 6.66. The van der Waals surface area contributed by atoms with Crippen molar-refractivity contribution in [2.24, 2.45) is 0 Å². The molecule has 0 radical (unpaired) electrons. The molecule has 0 aliphatic carbocycles. The van der Waals surface area contributed by atoms with E-state index in [2.05, 4.69) is 36.6 Å². The third-order valence-corrected chi connectivity index (χ3v) is 6.17. The fraction of sp³-hybridized carbons (Fsp3) is 0.500. The van der Waals surface area contributed by atoms with Crippen LogP contribution in [-0.2, 0) is 10.2 Å². The van der Waals surface area contributed by atoms with Crippen LogP contribution in [0.1, 0.15) is 19.3 Å². The van der Waals surface area contributed by atoms with Gasteiger partial charge in [0.2, 0.25) is 0 Å². The maximum absolute atomic E-state index is 12.5. The fourth-order valence-electron chi connectivity index (χ4n) is 2.26. The van der Waals surface area contributed by atoms with Crippen molar-refractivity contribution in [1.29, 1.82) is 0 Å². The number of aliphatic hydroxyl groups is 1. The summed E-state index contributed by atoms with van der Waals surface area (Å²) in [5, 5.41) is 9.35. The number of halogens is 2. The Morgan fingerprint density at radius 2 is 1.95 bits per heavy atom. The van der Waals surface area contributed by atoms with Crippen LogP contribution in [0.4, 0.5) is 5.69 Å². The second-order valence-corrected chi connectivity index (χ2v) is 7.98. The van der Waals surface area contributed by atoms with Gasteiger partial charge < -0.3 is 5.11 Å². The molecule has 1 heterocycles. The maximum Gasteiger partial charge on any atom is 0.302 e. The van der Waals surface area contributed by atoms with E-state index in [0.717, 1.165) is 12.8 Å². The number of benzene rings is 1. The Bertz CT molecular complexity index is 560. The van der Waals surface area contributed by atoms with Crippen molar-refractivity contribution >= 4 is 47.8 Å². The molecule has 20 heavy (non-hydrogen) atoms. The summed E-state index contributed by atoms with van der Waals surface area (Å²) in [6.45, 7) is 0.278. The Hall–Kier alpha value is -0.150. The van der Waals surface area contributed by atoms with Crippen LogP contribution in [0.2, 0.25) is 0 Å². The van der Waals surface area contributed by atoms with E-state index in [1.165, 1.54) is 4.31 Å². The molecule has 1 aromatic rings. The highest BCUT2D eigenvalue weighted by Gasteiger charge is 2.32. The molecule has 1 saturated heterocycles. The molecule has 5 nitrogen and oxygen atoms in total. The van der Waals surface area contributed by atoms with Crippen molar-refractivity contribution in [3.05, 3.63) is 27.1 Å². The van der Waals surface area contributed by atoms with E-state index in [1.807, 2.05) is 6.07 Å². The molecule has 1 aliphatic rings. The van der Waals surface area contributed by atoms with Gasteiger partial charge in [-0.25, -0.2) is 0 Å². The van der Waals surface area contributed by atoms with Crippen molar-refractivity contribution in [3.63, 3.8) is 0 Å². The smallest absolute Gasteiger partial charge is 0.302 e. The first kappa shape index (κ1) is 16.2. The molecule has 1 fully saturated rings. The lowest BCUT2D eigenvalue weighted by molar-refractivity contribution is 0.156. The molecule has 0 bridgehead atoms. The topological polar surface area (TPSA) is 69.6 Å². The summed E-state index contributed by atoms with van der Waals surface area (Å²) in [5.74, 6) is 0. The Morgan fingerprint density at radius 1 is 1.30 bits per heavy atom. The molecule has 0 saturated carbocycles. The van der Waals surface area contributed by atoms with Gasteiger partial charge in [0.05, 0.1) is 12.3 Å². The lowest BCUT2D eigenvalue weighted by Gasteiger charge is -2.33. The van der Waals surface area contributed by atoms with Crippen LogP contribution in [0.15, 0.2) is 27.1 Å². The summed E-state index contributed by atoms with van der Waals surface area (Å²) in [6, 6.07) is 5.00. The third-order valence-electron chi connectivity index (χ3n) is 3.29. The first-order chi connectivity index (χ1) is 9.45. The molecule has 2 rings (SSSR count). The Labute approximate surface area is 135 Å². The summed E-state index contributed by atoms with van der Waals surface area (Å²) in [6.07, 6.45) is 2.44. The molecule has 1 aliphatic heterocycles. The predicted octanol–water partition coefficient (Wildman–Crippen LogP) is 2.72. The molecule has 112 valence electrons. The van der Waals surface area contributed by atoms with Crippen molar-refractivity contribution in [2.75, 3.05) is 17.9 Å². The number of hydrogen-bond acceptors (Lipinski definition) is 3. The van der Waals surface area contributed by atoms with Crippen molar-refractivity contribution in [3.8, 4) is 0 Å². The van der Waals surface area contributed by atoms with Gasteiger partial charge in [-0.2, -0.15) is 12.7 Å². The highest BCUT2D eigenvalue weighted by Crippen LogP contribution is 2.32. The molecule has 0 spiro atoms. The summed E-state index contributed by atoms with van der Waals surface area (Å²) in [7, 11) is -3.68. The minimum atomic E-state index is -3.68. The first-order valence-electron chi connectivity index (χ1n) is 6.30. The van der Waals surface area contributed by atoms with Gasteiger partial charge in [0, 0.05) is 21.5 Å². The lowest BCUT2D eigenvalue weighted by Crippen LogP contribution is -2.48. The minimum absolute atomic E-state index is 0.155. The van der Waals surface area contributed by atoms with Crippen LogP contribution in [0.5, 0.6) is 0 Å². The number of rotatable bonds is 4. The Kier molecular flexibility index (Phi) is 5.47. The molecule has 1 aromatic carbocycles. The standard InChI is InChI=1S/C12H16Br2N2O3S/c13-10-5-3-6-11(14)12(10)15-20(18,19)16-7-2-1-4-9(16)8-17/h3,5-6,9,15,17H,1-2,4,7-8H2. The van der Waals surface area contributed by atoms with Crippen molar-refractivity contribution in [1.82, 2.24) is 4.31 Å². The Balaban J connectivity index is 2.26. The van der Waals surface area contributed by atoms with Crippen LogP contribution in [0, 0.1) is 0 Å². The molecular weight excluding hydrogens is 412 g/mol.